The zero-order chi connectivity index (χ0) is 18.1. The molecular formula is C18H17F2N5O. The number of benzene rings is 1. The van der Waals surface area contributed by atoms with E-state index < -0.39 is 5.92 Å². The molecular weight excluding hydrogens is 340 g/mol. The maximum absolute atomic E-state index is 14.3. The summed E-state index contributed by atoms with van der Waals surface area (Å²) in [6, 6.07) is 8.63. The van der Waals surface area contributed by atoms with Crippen molar-refractivity contribution >= 4 is 33.5 Å². The first-order chi connectivity index (χ1) is 12.6. The lowest BCUT2D eigenvalue weighted by Crippen LogP contribution is -2.13. The molecule has 0 saturated carbocycles. The lowest BCUT2D eigenvalue weighted by atomic mass is 10.0. The molecule has 26 heavy (non-hydrogen) atoms. The number of hydrogen-bond donors (Lipinski definition) is 2. The normalized spacial score (nSPS) is 12.1. The van der Waals surface area contributed by atoms with E-state index in [1.807, 2.05) is 19.1 Å². The van der Waals surface area contributed by atoms with Crippen molar-refractivity contribution in [2.75, 3.05) is 5.32 Å². The van der Waals surface area contributed by atoms with Crippen molar-refractivity contribution in [3.63, 3.8) is 0 Å². The third kappa shape index (κ3) is 2.87. The summed E-state index contributed by atoms with van der Waals surface area (Å²) in [5, 5.41) is 14.9. The number of nitrogens with one attached hydrogen (secondary N) is 2. The Balaban J connectivity index is 1.65. The van der Waals surface area contributed by atoms with Crippen LogP contribution in [0.1, 0.15) is 31.9 Å². The fourth-order valence-electron chi connectivity index (χ4n) is 2.88. The average molecular weight is 357 g/mol. The largest absolute Gasteiger partial charge is 0.356 e. The Kier molecular flexibility index (Phi) is 4.02. The summed E-state index contributed by atoms with van der Waals surface area (Å²) in [6.07, 6.45) is 2.57. The first-order valence-electron chi connectivity index (χ1n) is 8.42. The average Bonchev–Trinajstić information content (AvgIpc) is 3.25. The van der Waals surface area contributed by atoms with Gasteiger partial charge in [-0.2, -0.15) is 13.9 Å². The molecule has 3 aromatic heterocycles. The van der Waals surface area contributed by atoms with Crippen LogP contribution in [-0.2, 0) is 5.92 Å². The second kappa shape index (κ2) is 6.36. The van der Waals surface area contributed by atoms with E-state index in [1.54, 1.807) is 24.4 Å². The fraction of sp³-hybridized carbons (Fsp3) is 0.278. The van der Waals surface area contributed by atoms with E-state index in [4.69, 9.17) is 4.52 Å². The number of aromatic nitrogens is 4. The summed E-state index contributed by atoms with van der Waals surface area (Å²) in [5.74, 6) is -2.40. The molecule has 2 N–H and O–H groups in total. The molecule has 4 rings (SSSR count). The van der Waals surface area contributed by atoms with Gasteiger partial charge in [-0.15, -0.1) is 0 Å². The number of halogens is 2. The zero-order valence-electron chi connectivity index (χ0n) is 14.1. The molecule has 0 bridgehead atoms. The van der Waals surface area contributed by atoms with Gasteiger partial charge in [0.2, 0.25) is 0 Å². The molecule has 0 aliphatic rings. The summed E-state index contributed by atoms with van der Waals surface area (Å²) < 4.78 is 33.8. The third-order valence-corrected chi connectivity index (χ3v) is 4.26. The van der Waals surface area contributed by atoms with Gasteiger partial charge in [0.1, 0.15) is 0 Å². The highest BCUT2D eigenvalue weighted by Crippen LogP contribution is 2.38. The number of fused-ring (bicyclic) bond motifs is 2. The zero-order valence-corrected chi connectivity index (χ0v) is 14.1. The van der Waals surface area contributed by atoms with Crippen LogP contribution in [0.3, 0.4) is 0 Å². The minimum atomic E-state index is -3.00. The molecule has 0 fully saturated rings. The van der Waals surface area contributed by atoms with Gasteiger partial charge in [-0.3, -0.25) is 5.10 Å². The van der Waals surface area contributed by atoms with Crippen LogP contribution in [0.5, 0.6) is 0 Å². The van der Waals surface area contributed by atoms with Crippen molar-refractivity contribution in [3.8, 4) is 0 Å². The molecule has 0 aliphatic heterocycles. The highest BCUT2D eigenvalue weighted by molar-refractivity contribution is 5.90. The van der Waals surface area contributed by atoms with Crippen LogP contribution < -0.4 is 5.32 Å². The minimum Gasteiger partial charge on any atom is -0.356 e. The Hall–Kier alpha value is -3.03. The van der Waals surface area contributed by atoms with Gasteiger partial charge in [0.25, 0.3) is 5.92 Å². The number of aromatic amines is 1. The van der Waals surface area contributed by atoms with Crippen molar-refractivity contribution in [1.29, 1.82) is 0 Å². The molecule has 0 amide bonds. The Morgan fingerprint density at radius 1 is 1.23 bits per heavy atom. The van der Waals surface area contributed by atoms with Crippen molar-refractivity contribution in [1.82, 2.24) is 20.3 Å². The Morgan fingerprint density at radius 3 is 2.96 bits per heavy atom. The van der Waals surface area contributed by atoms with E-state index >= 15 is 0 Å². The van der Waals surface area contributed by atoms with E-state index in [-0.39, 0.29) is 12.1 Å². The molecule has 0 aliphatic carbocycles. The minimum absolute atomic E-state index is 0.239. The fourth-order valence-corrected chi connectivity index (χ4v) is 2.88. The topological polar surface area (TPSA) is 79.6 Å². The number of alkyl halides is 2. The SMILES string of the molecule is CCCCC(F)(F)c1noc2cc(Nc3n[nH]c4ncccc34)ccc12. The van der Waals surface area contributed by atoms with Crippen LogP contribution in [0.4, 0.5) is 20.3 Å². The third-order valence-electron chi connectivity index (χ3n) is 4.26. The predicted molar refractivity (Wildman–Crippen MR) is 94.6 cm³/mol. The molecule has 1 aromatic carbocycles. The van der Waals surface area contributed by atoms with Gasteiger partial charge in [-0.05, 0) is 30.7 Å². The molecule has 6 nitrogen and oxygen atoms in total. The van der Waals surface area contributed by atoms with E-state index in [1.165, 1.54) is 0 Å². The lowest BCUT2D eigenvalue weighted by molar-refractivity contribution is -0.0209. The van der Waals surface area contributed by atoms with Gasteiger partial charge < -0.3 is 9.84 Å². The van der Waals surface area contributed by atoms with Gasteiger partial charge in [0.05, 0.1) is 10.8 Å². The Labute approximate surface area is 147 Å². The van der Waals surface area contributed by atoms with Crippen LogP contribution in [0.15, 0.2) is 41.1 Å². The van der Waals surface area contributed by atoms with E-state index in [0.717, 1.165) is 5.39 Å². The van der Waals surface area contributed by atoms with Crippen molar-refractivity contribution < 1.29 is 13.3 Å². The smallest absolute Gasteiger partial charge is 0.293 e. The quantitative estimate of drug-likeness (QED) is 0.500. The highest BCUT2D eigenvalue weighted by atomic mass is 19.3. The number of anilines is 2. The summed E-state index contributed by atoms with van der Waals surface area (Å²) in [4.78, 5) is 4.18. The summed E-state index contributed by atoms with van der Waals surface area (Å²) in [6.45, 7) is 1.88. The van der Waals surface area contributed by atoms with Gasteiger partial charge in [0, 0.05) is 24.4 Å². The number of pyridine rings is 1. The molecule has 4 aromatic rings. The van der Waals surface area contributed by atoms with Gasteiger partial charge in [-0.25, -0.2) is 4.98 Å². The molecule has 0 unspecified atom stereocenters. The van der Waals surface area contributed by atoms with Crippen LogP contribution in [0, 0.1) is 0 Å². The van der Waals surface area contributed by atoms with Gasteiger partial charge in [-0.1, -0.05) is 18.5 Å². The van der Waals surface area contributed by atoms with Crippen molar-refractivity contribution in [2.45, 2.75) is 32.1 Å². The second-order valence-corrected chi connectivity index (χ2v) is 6.15. The van der Waals surface area contributed by atoms with Crippen LogP contribution in [0.2, 0.25) is 0 Å². The molecule has 134 valence electrons. The number of hydrogen-bond acceptors (Lipinski definition) is 5. The number of rotatable bonds is 6. The Morgan fingerprint density at radius 2 is 2.12 bits per heavy atom. The van der Waals surface area contributed by atoms with E-state index in [9.17, 15) is 8.78 Å². The molecule has 0 radical (unpaired) electrons. The highest BCUT2D eigenvalue weighted by Gasteiger charge is 2.36. The van der Waals surface area contributed by atoms with Crippen molar-refractivity contribution in [2.24, 2.45) is 0 Å². The summed E-state index contributed by atoms with van der Waals surface area (Å²) >= 11 is 0. The molecule has 0 spiro atoms. The number of nitrogens with zero attached hydrogens (tertiary/aromatic N) is 3. The van der Waals surface area contributed by atoms with Crippen LogP contribution >= 0.6 is 0 Å². The first-order valence-corrected chi connectivity index (χ1v) is 8.42. The number of unbranched alkanes of at least 4 members (excludes halogenated alkanes) is 1. The Bertz CT molecular complexity index is 1060. The van der Waals surface area contributed by atoms with Gasteiger partial charge in [0.15, 0.2) is 22.7 Å². The molecule has 0 saturated heterocycles. The first kappa shape index (κ1) is 16.4. The maximum atomic E-state index is 14.3. The lowest BCUT2D eigenvalue weighted by Gasteiger charge is -2.12. The van der Waals surface area contributed by atoms with Crippen LogP contribution in [0.25, 0.3) is 22.0 Å². The van der Waals surface area contributed by atoms with Crippen molar-refractivity contribution in [3.05, 3.63) is 42.2 Å². The van der Waals surface area contributed by atoms with Gasteiger partial charge >= 0.3 is 0 Å². The molecule has 3 heterocycles. The maximum Gasteiger partial charge on any atom is 0.293 e. The monoisotopic (exact) mass is 357 g/mol. The standard InChI is InChI=1S/C18H17F2N5O/c1-2-3-8-18(19,20)15-12-7-6-11(10-14(12)26-25-15)22-17-13-5-4-9-21-16(13)23-24-17/h4-7,9-10H,2-3,8H2,1H3,(H2,21,22,23,24). The molecule has 8 heteroatoms. The predicted octanol–water partition coefficient (Wildman–Crippen LogP) is 5.12. The summed E-state index contributed by atoms with van der Waals surface area (Å²) in [5.41, 5.74) is 1.32. The van der Waals surface area contributed by atoms with Crippen LogP contribution in [-0.4, -0.2) is 20.3 Å². The summed E-state index contributed by atoms with van der Waals surface area (Å²) in [7, 11) is 0. The van der Waals surface area contributed by atoms with E-state index in [2.05, 4.69) is 25.7 Å². The number of H-pyrrole nitrogens is 1. The molecule has 0 atom stereocenters. The van der Waals surface area contributed by atoms with E-state index in [0.29, 0.717) is 41.0 Å². The second-order valence-electron chi connectivity index (χ2n) is 6.15.